The summed E-state index contributed by atoms with van der Waals surface area (Å²) < 4.78 is 2.27. The number of thiophene rings is 2. The van der Waals surface area contributed by atoms with Gasteiger partial charge >= 0.3 is 0 Å². The zero-order chi connectivity index (χ0) is 12.6. The second kappa shape index (κ2) is 4.40. The van der Waals surface area contributed by atoms with Crippen LogP contribution in [-0.4, -0.2) is 22.7 Å². The van der Waals surface area contributed by atoms with Crippen molar-refractivity contribution in [3.8, 4) is 0 Å². The summed E-state index contributed by atoms with van der Waals surface area (Å²) in [5.74, 6) is -0.121. The molecule has 0 bridgehead atoms. The summed E-state index contributed by atoms with van der Waals surface area (Å²) in [6.45, 7) is 5.30. The van der Waals surface area contributed by atoms with Crippen molar-refractivity contribution in [2.24, 2.45) is 0 Å². The predicted octanol–water partition coefficient (Wildman–Crippen LogP) is 2.85. The highest BCUT2D eigenvalue weighted by Gasteiger charge is 2.27. The van der Waals surface area contributed by atoms with Gasteiger partial charge in [-0.05, 0) is 38.3 Å². The van der Waals surface area contributed by atoms with Gasteiger partial charge in [0.2, 0.25) is 0 Å². The van der Waals surface area contributed by atoms with Crippen LogP contribution in [0.3, 0.4) is 0 Å². The maximum atomic E-state index is 12.0. The van der Waals surface area contributed by atoms with E-state index in [9.17, 15) is 9.90 Å². The summed E-state index contributed by atoms with van der Waals surface area (Å²) in [4.78, 5) is 12.7. The van der Waals surface area contributed by atoms with Crippen LogP contribution in [0.2, 0.25) is 0 Å². The van der Waals surface area contributed by atoms with Gasteiger partial charge in [0.25, 0.3) is 5.91 Å². The molecule has 5 heteroatoms. The third-order valence-electron chi connectivity index (χ3n) is 2.84. The van der Waals surface area contributed by atoms with Crippen LogP contribution in [0, 0.1) is 0 Å². The Kier molecular flexibility index (Phi) is 3.25. The van der Waals surface area contributed by atoms with E-state index in [4.69, 9.17) is 0 Å². The maximum absolute atomic E-state index is 12.0. The van der Waals surface area contributed by atoms with E-state index in [1.54, 1.807) is 18.3 Å². The molecule has 0 saturated heterocycles. The van der Waals surface area contributed by atoms with Crippen molar-refractivity contribution in [1.29, 1.82) is 0 Å². The highest BCUT2D eigenvalue weighted by Crippen LogP contribution is 2.30. The Balaban J connectivity index is 2.18. The molecule has 0 aliphatic rings. The van der Waals surface area contributed by atoms with Gasteiger partial charge in [-0.15, -0.1) is 22.7 Å². The van der Waals surface area contributed by atoms with Gasteiger partial charge in [-0.2, -0.15) is 0 Å². The molecule has 1 atom stereocenters. The van der Waals surface area contributed by atoms with Crippen molar-refractivity contribution in [2.45, 2.75) is 32.4 Å². The second-order valence-electron chi connectivity index (χ2n) is 4.61. The van der Waals surface area contributed by atoms with Crippen LogP contribution in [0.25, 0.3) is 9.40 Å². The lowest BCUT2D eigenvalue weighted by atomic mass is 9.99. The van der Waals surface area contributed by atoms with Crippen LogP contribution in [0.5, 0.6) is 0 Å². The Labute approximate surface area is 108 Å². The van der Waals surface area contributed by atoms with E-state index in [1.807, 2.05) is 31.4 Å². The number of carbonyl (C=O) groups is 1. The molecule has 0 saturated carbocycles. The lowest BCUT2D eigenvalue weighted by molar-refractivity contribution is 0.0713. The van der Waals surface area contributed by atoms with Crippen molar-refractivity contribution in [3.63, 3.8) is 0 Å². The molecule has 92 valence electrons. The first-order valence-electron chi connectivity index (χ1n) is 5.38. The highest BCUT2D eigenvalue weighted by atomic mass is 32.1. The average molecular weight is 269 g/mol. The quantitative estimate of drug-likeness (QED) is 0.900. The van der Waals surface area contributed by atoms with Gasteiger partial charge in [-0.1, -0.05) is 0 Å². The largest absolute Gasteiger partial charge is 0.391 e. The van der Waals surface area contributed by atoms with Crippen molar-refractivity contribution in [3.05, 3.63) is 22.4 Å². The van der Waals surface area contributed by atoms with Crippen LogP contribution in [0.4, 0.5) is 0 Å². The summed E-state index contributed by atoms with van der Waals surface area (Å²) in [5, 5.41) is 14.4. The van der Waals surface area contributed by atoms with Gasteiger partial charge in [-0.3, -0.25) is 4.79 Å². The van der Waals surface area contributed by atoms with Gasteiger partial charge in [-0.25, -0.2) is 0 Å². The summed E-state index contributed by atoms with van der Waals surface area (Å²) in [6, 6.07) is 3.92. The number of hydrogen-bond donors (Lipinski definition) is 2. The molecule has 2 N–H and O–H groups in total. The van der Waals surface area contributed by atoms with E-state index in [1.165, 1.54) is 11.3 Å². The molecule has 2 aromatic rings. The molecule has 0 aromatic carbocycles. The molecule has 1 amide bonds. The molecule has 0 spiro atoms. The van der Waals surface area contributed by atoms with E-state index in [2.05, 4.69) is 5.32 Å². The van der Waals surface area contributed by atoms with Gasteiger partial charge in [0.15, 0.2) is 0 Å². The SMILES string of the molecule is CC(O)C(C)(C)NC(=O)c1cc2sccc2s1. The van der Waals surface area contributed by atoms with Gasteiger partial charge in [0, 0.05) is 9.40 Å². The maximum Gasteiger partial charge on any atom is 0.261 e. The molecule has 1 unspecified atom stereocenters. The molecule has 0 aliphatic heterocycles. The van der Waals surface area contributed by atoms with Crippen LogP contribution < -0.4 is 5.32 Å². The van der Waals surface area contributed by atoms with Gasteiger partial charge < -0.3 is 10.4 Å². The zero-order valence-corrected chi connectivity index (χ0v) is 11.6. The van der Waals surface area contributed by atoms with Crippen LogP contribution in [-0.2, 0) is 0 Å². The lowest BCUT2D eigenvalue weighted by Gasteiger charge is -2.29. The van der Waals surface area contributed by atoms with Gasteiger partial charge in [0.05, 0.1) is 16.5 Å². The smallest absolute Gasteiger partial charge is 0.261 e. The predicted molar refractivity (Wildman–Crippen MR) is 72.9 cm³/mol. The number of fused-ring (bicyclic) bond motifs is 1. The number of hydrogen-bond acceptors (Lipinski definition) is 4. The van der Waals surface area contributed by atoms with Crippen molar-refractivity contribution < 1.29 is 9.90 Å². The zero-order valence-electron chi connectivity index (χ0n) is 9.98. The molecule has 3 nitrogen and oxygen atoms in total. The van der Waals surface area contributed by atoms with Crippen LogP contribution in [0.15, 0.2) is 17.5 Å². The fourth-order valence-electron chi connectivity index (χ4n) is 1.34. The number of nitrogens with one attached hydrogen (secondary N) is 1. The standard InChI is InChI=1S/C12H15NO2S2/c1-7(14)12(2,3)13-11(15)10-6-9-8(17-10)4-5-16-9/h4-7,14H,1-3H3,(H,13,15). The second-order valence-corrected chi connectivity index (χ2v) is 6.64. The molecule has 0 aliphatic carbocycles. The third-order valence-corrected chi connectivity index (χ3v) is 4.94. The molecular weight excluding hydrogens is 254 g/mol. The Bertz CT molecular complexity index is 511. The van der Waals surface area contributed by atoms with E-state index in [-0.39, 0.29) is 5.91 Å². The fraction of sp³-hybridized carbons (Fsp3) is 0.417. The van der Waals surface area contributed by atoms with Crippen LogP contribution in [0.1, 0.15) is 30.4 Å². The Hall–Kier alpha value is -0.910. The average Bonchev–Trinajstić information content (AvgIpc) is 2.74. The lowest BCUT2D eigenvalue weighted by Crippen LogP contribution is -2.50. The van der Waals surface area contributed by atoms with E-state index < -0.39 is 11.6 Å². The Morgan fingerprint density at radius 1 is 1.47 bits per heavy atom. The number of carbonyl (C=O) groups excluding carboxylic acids is 1. The number of rotatable bonds is 3. The van der Waals surface area contributed by atoms with E-state index in [0.717, 1.165) is 9.40 Å². The fourth-order valence-corrected chi connectivity index (χ4v) is 3.34. The minimum Gasteiger partial charge on any atom is -0.391 e. The van der Waals surface area contributed by atoms with E-state index in [0.29, 0.717) is 4.88 Å². The minimum absolute atomic E-state index is 0.121. The normalized spacial score (nSPS) is 13.9. The van der Waals surface area contributed by atoms with Crippen LogP contribution >= 0.6 is 22.7 Å². The molecule has 2 rings (SSSR count). The minimum atomic E-state index is -0.617. The summed E-state index contributed by atoms with van der Waals surface area (Å²) in [5.41, 5.74) is -0.617. The third kappa shape index (κ3) is 2.51. The summed E-state index contributed by atoms with van der Waals surface area (Å²) in [6.07, 6.45) is -0.590. The molecule has 2 heterocycles. The molecule has 0 radical (unpaired) electrons. The number of aliphatic hydroxyl groups is 1. The summed E-state index contributed by atoms with van der Waals surface area (Å²) in [7, 11) is 0. The molecule has 0 fully saturated rings. The first kappa shape index (κ1) is 12.5. The van der Waals surface area contributed by atoms with E-state index >= 15 is 0 Å². The first-order chi connectivity index (χ1) is 7.90. The number of amides is 1. The molecule has 2 aromatic heterocycles. The monoisotopic (exact) mass is 269 g/mol. The Morgan fingerprint density at radius 2 is 2.18 bits per heavy atom. The molecular formula is C12H15NO2S2. The molecule has 17 heavy (non-hydrogen) atoms. The van der Waals surface area contributed by atoms with Crippen molar-refractivity contribution >= 4 is 38.0 Å². The Morgan fingerprint density at radius 3 is 2.76 bits per heavy atom. The van der Waals surface area contributed by atoms with Crippen molar-refractivity contribution in [1.82, 2.24) is 5.32 Å². The summed E-state index contributed by atoms with van der Waals surface area (Å²) >= 11 is 3.11. The van der Waals surface area contributed by atoms with Gasteiger partial charge in [0.1, 0.15) is 0 Å². The number of aliphatic hydroxyl groups excluding tert-OH is 1. The van der Waals surface area contributed by atoms with Crippen molar-refractivity contribution in [2.75, 3.05) is 0 Å². The highest BCUT2D eigenvalue weighted by molar-refractivity contribution is 7.27. The topological polar surface area (TPSA) is 49.3 Å². The first-order valence-corrected chi connectivity index (χ1v) is 7.07.